The van der Waals surface area contributed by atoms with E-state index in [4.69, 9.17) is 16.7 Å². The zero-order chi connectivity index (χ0) is 29.2. The second-order valence-electron chi connectivity index (χ2n) is 9.94. The molecule has 0 unspecified atom stereocenters. The second-order valence-corrected chi connectivity index (χ2v) is 12.4. The first kappa shape index (κ1) is 28.2. The van der Waals surface area contributed by atoms with Gasteiger partial charge in [-0.1, -0.05) is 59.6 Å². The minimum absolute atomic E-state index is 0.162. The SMILES string of the molecule is Cc1ccc(-n2nc(-c3cccs3)c3c2N(CC(=O)NCc2ccc(F)cc2)C(=O)CS[C@H]3c2cccc(Cl)c2)cc1. The standard InChI is InChI=1S/C32H26ClFN4O2S2/c1-20-7-13-25(14-8-20)38-32-29(30(36-38)26-6-3-15-41-26)31(22-4-2-5-23(33)16-22)42-19-28(40)37(32)18-27(39)35-17-21-9-11-24(34)12-10-21/h2-16,31H,17-19H2,1H3,(H,35,39)/t31-/m0/s1. The summed E-state index contributed by atoms with van der Waals surface area (Å²) < 4.78 is 15.1. The Bertz CT molecular complexity index is 1740. The number of thiophene rings is 1. The maximum atomic E-state index is 13.8. The van der Waals surface area contributed by atoms with E-state index in [1.54, 1.807) is 28.2 Å². The topological polar surface area (TPSA) is 67.2 Å². The third-order valence-corrected chi connectivity index (χ3v) is 9.34. The molecule has 5 aromatic rings. The van der Waals surface area contributed by atoms with E-state index in [0.717, 1.165) is 38.5 Å². The molecule has 10 heteroatoms. The average molecular weight is 617 g/mol. The summed E-state index contributed by atoms with van der Waals surface area (Å²) in [6, 6.07) is 25.5. The van der Waals surface area contributed by atoms with Gasteiger partial charge in [0.1, 0.15) is 23.9 Å². The van der Waals surface area contributed by atoms with Crippen LogP contribution in [0.1, 0.15) is 27.5 Å². The minimum atomic E-state index is -0.342. The number of halogens is 2. The van der Waals surface area contributed by atoms with Gasteiger partial charge in [-0.15, -0.1) is 23.1 Å². The van der Waals surface area contributed by atoms with Crippen LogP contribution >= 0.6 is 34.7 Å². The Labute approximate surface area is 256 Å². The van der Waals surface area contributed by atoms with Crippen molar-refractivity contribution in [3.8, 4) is 16.3 Å². The van der Waals surface area contributed by atoms with Crippen LogP contribution in [0.15, 0.2) is 90.3 Å². The Kier molecular flexibility index (Phi) is 8.15. The van der Waals surface area contributed by atoms with E-state index in [1.807, 2.05) is 73.0 Å². The van der Waals surface area contributed by atoms with Crippen LogP contribution in [0.4, 0.5) is 10.2 Å². The molecule has 1 aliphatic rings. The number of thioether (sulfide) groups is 1. The van der Waals surface area contributed by atoms with Crippen LogP contribution in [0.2, 0.25) is 5.02 Å². The van der Waals surface area contributed by atoms with E-state index < -0.39 is 0 Å². The smallest absolute Gasteiger partial charge is 0.240 e. The molecule has 6 nitrogen and oxygen atoms in total. The number of aromatic nitrogens is 2. The molecule has 0 saturated heterocycles. The van der Waals surface area contributed by atoms with E-state index in [2.05, 4.69) is 5.32 Å². The Morgan fingerprint density at radius 2 is 1.86 bits per heavy atom. The summed E-state index contributed by atoms with van der Waals surface area (Å²) >= 11 is 9.49. The fourth-order valence-electron chi connectivity index (χ4n) is 4.92. The van der Waals surface area contributed by atoms with E-state index in [0.29, 0.717) is 10.8 Å². The van der Waals surface area contributed by atoms with E-state index in [1.165, 1.54) is 28.8 Å². The lowest BCUT2D eigenvalue weighted by atomic mass is 10.0. The van der Waals surface area contributed by atoms with Crippen LogP contribution in [-0.4, -0.2) is 33.9 Å². The first-order chi connectivity index (χ1) is 20.4. The molecule has 0 aliphatic carbocycles. The van der Waals surface area contributed by atoms with Gasteiger partial charge in [0.05, 0.1) is 21.6 Å². The molecule has 0 bridgehead atoms. The summed E-state index contributed by atoms with van der Waals surface area (Å²) in [5, 5.41) is 10.3. The lowest BCUT2D eigenvalue weighted by molar-refractivity contribution is -0.123. The first-order valence-electron chi connectivity index (χ1n) is 13.3. The van der Waals surface area contributed by atoms with Crippen LogP contribution < -0.4 is 10.2 Å². The summed E-state index contributed by atoms with van der Waals surface area (Å²) in [6.07, 6.45) is 0. The number of carbonyl (C=O) groups is 2. The summed E-state index contributed by atoms with van der Waals surface area (Å²) in [5.41, 5.74) is 5.18. The van der Waals surface area contributed by atoms with Crippen molar-refractivity contribution in [3.63, 3.8) is 0 Å². The maximum absolute atomic E-state index is 13.8. The van der Waals surface area contributed by atoms with Crippen molar-refractivity contribution in [2.45, 2.75) is 18.7 Å². The van der Waals surface area contributed by atoms with Crippen LogP contribution in [-0.2, 0) is 16.1 Å². The van der Waals surface area contributed by atoms with Crippen molar-refractivity contribution in [1.29, 1.82) is 0 Å². The van der Waals surface area contributed by atoms with Gasteiger partial charge >= 0.3 is 0 Å². The molecule has 42 heavy (non-hydrogen) atoms. The first-order valence-corrected chi connectivity index (χ1v) is 15.6. The van der Waals surface area contributed by atoms with Crippen molar-refractivity contribution in [2.24, 2.45) is 0 Å². The Hall–Kier alpha value is -3.92. The monoisotopic (exact) mass is 616 g/mol. The van der Waals surface area contributed by atoms with Gasteiger partial charge in [-0.3, -0.25) is 14.5 Å². The van der Waals surface area contributed by atoms with Crippen molar-refractivity contribution in [1.82, 2.24) is 15.1 Å². The maximum Gasteiger partial charge on any atom is 0.240 e. The number of carbonyl (C=O) groups excluding carboxylic acids is 2. The molecule has 0 radical (unpaired) electrons. The summed E-state index contributed by atoms with van der Waals surface area (Å²) in [5.74, 6) is -0.160. The third-order valence-electron chi connectivity index (χ3n) is 6.98. The van der Waals surface area contributed by atoms with Crippen molar-refractivity contribution < 1.29 is 14.0 Å². The van der Waals surface area contributed by atoms with E-state index >= 15 is 0 Å². The molecular formula is C32H26ClFN4O2S2. The van der Waals surface area contributed by atoms with Crippen LogP contribution in [0.3, 0.4) is 0 Å². The molecule has 1 aliphatic heterocycles. The lowest BCUT2D eigenvalue weighted by Crippen LogP contribution is -2.42. The molecule has 2 amide bonds. The Balaban J connectivity index is 1.48. The van der Waals surface area contributed by atoms with Gasteiger partial charge in [0, 0.05) is 17.1 Å². The fraction of sp³-hybridized carbons (Fsp3) is 0.156. The van der Waals surface area contributed by atoms with Crippen molar-refractivity contribution in [2.75, 3.05) is 17.2 Å². The quantitative estimate of drug-likeness (QED) is 0.210. The van der Waals surface area contributed by atoms with Gasteiger partial charge in [-0.05, 0) is 65.9 Å². The highest BCUT2D eigenvalue weighted by atomic mass is 35.5. The average Bonchev–Trinajstić information content (AvgIpc) is 3.62. The lowest BCUT2D eigenvalue weighted by Gasteiger charge is -2.23. The molecule has 0 saturated carbocycles. The summed E-state index contributed by atoms with van der Waals surface area (Å²) in [6.45, 7) is 2.03. The number of rotatable bonds is 7. The summed E-state index contributed by atoms with van der Waals surface area (Å²) in [7, 11) is 0. The zero-order valence-electron chi connectivity index (χ0n) is 22.6. The van der Waals surface area contributed by atoms with E-state index in [9.17, 15) is 14.0 Å². The largest absolute Gasteiger partial charge is 0.350 e. The van der Waals surface area contributed by atoms with Gasteiger partial charge in [0.2, 0.25) is 11.8 Å². The van der Waals surface area contributed by atoms with Crippen LogP contribution in [0.5, 0.6) is 0 Å². The van der Waals surface area contributed by atoms with Crippen LogP contribution in [0, 0.1) is 12.7 Å². The Morgan fingerprint density at radius 3 is 2.57 bits per heavy atom. The zero-order valence-corrected chi connectivity index (χ0v) is 25.0. The van der Waals surface area contributed by atoms with Crippen LogP contribution in [0.25, 0.3) is 16.3 Å². The Morgan fingerprint density at radius 1 is 1.07 bits per heavy atom. The molecule has 3 heterocycles. The molecule has 6 rings (SSSR count). The van der Waals surface area contributed by atoms with E-state index in [-0.39, 0.29) is 41.7 Å². The highest BCUT2D eigenvalue weighted by Crippen LogP contribution is 2.49. The highest BCUT2D eigenvalue weighted by Gasteiger charge is 2.38. The molecule has 3 aromatic carbocycles. The van der Waals surface area contributed by atoms with Gasteiger partial charge < -0.3 is 5.32 Å². The predicted molar refractivity (Wildman–Crippen MR) is 168 cm³/mol. The predicted octanol–water partition coefficient (Wildman–Crippen LogP) is 7.19. The number of aryl methyl sites for hydroxylation is 1. The van der Waals surface area contributed by atoms with Gasteiger partial charge in [-0.2, -0.15) is 5.10 Å². The van der Waals surface area contributed by atoms with Gasteiger partial charge in [0.25, 0.3) is 0 Å². The van der Waals surface area contributed by atoms with Gasteiger partial charge in [0.15, 0.2) is 0 Å². The second kappa shape index (κ2) is 12.1. The number of hydrogen-bond acceptors (Lipinski definition) is 5. The molecule has 0 spiro atoms. The molecule has 0 fully saturated rings. The summed E-state index contributed by atoms with van der Waals surface area (Å²) in [4.78, 5) is 29.6. The molecule has 2 aromatic heterocycles. The number of benzene rings is 3. The van der Waals surface area contributed by atoms with Crippen molar-refractivity contribution >= 4 is 52.3 Å². The molecular weight excluding hydrogens is 591 g/mol. The number of nitrogens with one attached hydrogen (secondary N) is 1. The number of hydrogen-bond donors (Lipinski definition) is 1. The normalized spacial score (nSPS) is 14.9. The molecule has 1 atom stereocenters. The molecule has 1 N–H and O–H groups in total. The fourth-order valence-corrected chi connectivity index (χ4v) is 7.03. The minimum Gasteiger partial charge on any atom is -0.350 e. The number of fused-ring (bicyclic) bond motifs is 1. The third kappa shape index (κ3) is 5.86. The highest BCUT2D eigenvalue weighted by molar-refractivity contribution is 8.00. The van der Waals surface area contributed by atoms with Crippen molar-refractivity contribution in [3.05, 3.63) is 123 Å². The number of nitrogens with zero attached hydrogens (tertiary/aromatic N) is 3. The number of amides is 2. The molecule has 212 valence electrons. The number of anilines is 1. The van der Waals surface area contributed by atoms with Gasteiger partial charge in [-0.25, -0.2) is 9.07 Å².